The molecule has 10 atom stereocenters. The van der Waals surface area contributed by atoms with Gasteiger partial charge >= 0.3 is 0 Å². The lowest BCUT2D eigenvalue weighted by atomic mass is 9.94. The highest BCUT2D eigenvalue weighted by Crippen LogP contribution is 2.30. The smallest absolute Gasteiger partial charge is 0.142 e. The third kappa shape index (κ3) is 8.47. The third-order valence-electron chi connectivity index (χ3n) is 6.67. The van der Waals surface area contributed by atoms with Crippen molar-refractivity contribution >= 4 is 0 Å². The standard InChI is InChI=1S/C22H46N4O10/c23-5-3-8-24-6-1-2-7-25-9-4-10-26(21-19(33)17(31)15(29)13(11-27)35-21)22-20(34)18(32)16(30)14(12-28)36-22/h13-22,24-25,27-34H,1-12,23H2/t13-,14-,15-,16-,17+,18+,19+,20+,21?,22?/m1/s1. The van der Waals surface area contributed by atoms with Gasteiger partial charge in [0.05, 0.1) is 13.2 Å². The molecule has 2 unspecified atom stereocenters. The van der Waals surface area contributed by atoms with Crippen LogP contribution in [0.3, 0.4) is 0 Å². The quantitative estimate of drug-likeness (QED) is 0.0843. The number of nitrogens with zero attached hydrogens (tertiary/aromatic N) is 1. The van der Waals surface area contributed by atoms with Gasteiger partial charge in [-0.1, -0.05) is 0 Å². The van der Waals surface area contributed by atoms with Crippen molar-refractivity contribution in [2.45, 2.75) is 87.0 Å². The van der Waals surface area contributed by atoms with Gasteiger partial charge in [-0.05, 0) is 58.4 Å². The van der Waals surface area contributed by atoms with Crippen molar-refractivity contribution in [3.8, 4) is 0 Å². The van der Waals surface area contributed by atoms with E-state index in [0.717, 1.165) is 38.9 Å². The molecule has 14 nitrogen and oxygen atoms in total. The molecular formula is C22H46N4O10. The molecule has 36 heavy (non-hydrogen) atoms. The Morgan fingerprint density at radius 1 is 0.583 bits per heavy atom. The molecule has 14 heteroatoms. The highest BCUT2D eigenvalue weighted by Gasteiger charge is 2.52. The van der Waals surface area contributed by atoms with E-state index in [1.807, 2.05) is 0 Å². The zero-order valence-electron chi connectivity index (χ0n) is 20.7. The van der Waals surface area contributed by atoms with Crippen molar-refractivity contribution in [3.63, 3.8) is 0 Å². The lowest BCUT2D eigenvalue weighted by Crippen LogP contribution is -2.70. The fourth-order valence-electron chi connectivity index (χ4n) is 4.48. The number of rotatable bonds is 16. The lowest BCUT2D eigenvalue weighted by molar-refractivity contribution is -0.323. The molecule has 0 bridgehead atoms. The van der Waals surface area contributed by atoms with Gasteiger partial charge in [0.2, 0.25) is 0 Å². The van der Waals surface area contributed by atoms with Gasteiger partial charge < -0.3 is 66.7 Å². The van der Waals surface area contributed by atoms with E-state index in [4.69, 9.17) is 15.2 Å². The van der Waals surface area contributed by atoms with Crippen LogP contribution in [0.25, 0.3) is 0 Å². The number of ether oxygens (including phenoxy) is 2. The summed E-state index contributed by atoms with van der Waals surface area (Å²) in [5.41, 5.74) is 5.46. The summed E-state index contributed by atoms with van der Waals surface area (Å²) in [4.78, 5) is 1.37. The largest absolute Gasteiger partial charge is 0.394 e. The van der Waals surface area contributed by atoms with E-state index in [1.54, 1.807) is 0 Å². The Bertz CT molecular complexity index is 557. The molecule has 0 aromatic carbocycles. The lowest BCUT2D eigenvalue weighted by Gasteiger charge is -2.50. The summed E-state index contributed by atoms with van der Waals surface area (Å²) >= 11 is 0. The van der Waals surface area contributed by atoms with Crippen molar-refractivity contribution in [2.24, 2.45) is 5.73 Å². The van der Waals surface area contributed by atoms with Crippen molar-refractivity contribution in [1.29, 1.82) is 0 Å². The first kappa shape index (κ1) is 31.7. The molecule has 12 N–H and O–H groups in total. The van der Waals surface area contributed by atoms with Crippen LogP contribution in [0.5, 0.6) is 0 Å². The molecule has 2 rings (SSSR count). The van der Waals surface area contributed by atoms with Gasteiger partial charge in [0, 0.05) is 6.54 Å². The Balaban J connectivity index is 1.99. The van der Waals surface area contributed by atoms with Gasteiger partial charge in [-0.15, -0.1) is 0 Å². The SMILES string of the molecule is NCCCNCCCCNCCCN(C1O[C@H](CO)[C@@H](O)[C@H](O)[C@@H]1O)C1O[C@H](CO)[C@@H](O)[C@H](O)[C@@H]1O. The summed E-state index contributed by atoms with van der Waals surface area (Å²) in [6, 6.07) is 0. The minimum absolute atomic E-state index is 0.152. The number of nitrogens with two attached hydrogens (primary N) is 1. The molecule has 0 amide bonds. The first-order valence-corrected chi connectivity index (χ1v) is 12.8. The van der Waals surface area contributed by atoms with Gasteiger partial charge in [-0.3, -0.25) is 0 Å². The Morgan fingerprint density at radius 2 is 1.00 bits per heavy atom. The summed E-state index contributed by atoms with van der Waals surface area (Å²) in [6.07, 6.45) is -11.3. The van der Waals surface area contributed by atoms with E-state index in [-0.39, 0.29) is 6.54 Å². The van der Waals surface area contributed by atoms with Crippen molar-refractivity contribution < 1.29 is 50.3 Å². The summed E-state index contributed by atoms with van der Waals surface area (Å²) in [6.45, 7) is 2.69. The molecule has 2 heterocycles. The maximum Gasteiger partial charge on any atom is 0.142 e. The van der Waals surface area contributed by atoms with Crippen LogP contribution in [-0.2, 0) is 9.47 Å². The fourth-order valence-corrected chi connectivity index (χ4v) is 4.48. The average Bonchev–Trinajstić information content (AvgIpc) is 2.88. The number of hydrogen-bond donors (Lipinski definition) is 11. The van der Waals surface area contributed by atoms with E-state index in [2.05, 4.69) is 10.6 Å². The monoisotopic (exact) mass is 526 g/mol. The third-order valence-corrected chi connectivity index (χ3v) is 6.67. The highest BCUT2D eigenvalue weighted by molar-refractivity contribution is 4.97. The molecule has 214 valence electrons. The molecular weight excluding hydrogens is 480 g/mol. The molecule has 0 spiro atoms. The first-order valence-electron chi connectivity index (χ1n) is 12.8. The fraction of sp³-hybridized carbons (Fsp3) is 1.00. The van der Waals surface area contributed by atoms with E-state index in [0.29, 0.717) is 19.5 Å². The van der Waals surface area contributed by atoms with Crippen molar-refractivity contribution in [2.75, 3.05) is 52.5 Å². The van der Waals surface area contributed by atoms with Crippen LogP contribution in [0.1, 0.15) is 25.7 Å². The summed E-state index contributed by atoms with van der Waals surface area (Å²) < 4.78 is 11.3. The molecule has 2 fully saturated rings. The second-order valence-corrected chi connectivity index (χ2v) is 9.38. The van der Waals surface area contributed by atoms with Gasteiger partial charge in [0.1, 0.15) is 61.3 Å². The normalized spacial score (nSPS) is 37.5. The van der Waals surface area contributed by atoms with Crippen LogP contribution in [0.15, 0.2) is 0 Å². The Labute approximate surface area is 211 Å². The predicted molar refractivity (Wildman–Crippen MR) is 128 cm³/mol. The zero-order chi connectivity index (χ0) is 26.7. The number of nitrogens with one attached hydrogen (secondary N) is 2. The molecule has 2 aliphatic heterocycles. The number of unbranched alkanes of at least 4 members (excludes halogenated alkanes) is 1. The zero-order valence-corrected chi connectivity index (χ0v) is 20.7. The summed E-state index contributed by atoms with van der Waals surface area (Å²) in [7, 11) is 0. The molecule has 0 aliphatic carbocycles. The van der Waals surface area contributed by atoms with Gasteiger partial charge in [0.15, 0.2) is 0 Å². The van der Waals surface area contributed by atoms with Crippen LogP contribution in [-0.4, -0.2) is 160 Å². The van der Waals surface area contributed by atoms with Crippen molar-refractivity contribution in [3.05, 3.63) is 0 Å². The average molecular weight is 527 g/mol. The number of aliphatic hydroxyl groups is 8. The van der Waals surface area contributed by atoms with Gasteiger partial charge in [-0.25, -0.2) is 4.90 Å². The predicted octanol–water partition coefficient (Wildman–Crippen LogP) is -5.41. The molecule has 0 radical (unpaired) electrons. The van der Waals surface area contributed by atoms with Crippen LogP contribution >= 0.6 is 0 Å². The van der Waals surface area contributed by atoms with Crippen LogP contribution in [0, 0.1) is 0 Å². The Hall–Kier alpha value is -0.560. The Morgan fingerprint density at radius 3 is 1.42 bits per heavy atom. The number of hydrogen-bond acceptors (Lipinski definition) is 14. The Kier molecular flexibility index (Phi) is 14.4. The number of aliphatic hydroxyl groups excluding tert-OH is 8. The van der Waals surface area contributed by atoms with Gasteiger partial charge in [0.25, 0.3) is 0 Å². The van der Waals surface area contributed by atoms with Crippen LogP contribution in [0.2, 0.25) is 0 Å². The highest BCUT2D eigenvalue weighted by atomic mass is 16.6. The van der Waals surface area contributed by atoms with E-state index in [1.165, 1.54) is 4.90 Å². The minimum Gasteiger partial charge on any atom is -0.394 e. The van der Waals surface area contributed by atoms with Gasteiger partial charge in [-0.2, -0.15) is 0 Å². The maximum absolute atomic E-state index is 10.6. The first-order chi connectivity index (χ1) is 17.3. The molecule has 2 saturated heterocycles. The topological polar surface area (TPSA) is 234 Å². The van der Waals surface area contributed by atoms with Crippen LogP contribution < -0.4 is 16.4 Å². The maximum atomic E-state index is 10.6. The molecule has 2 aliphatic rings. The second-order valence-electron chi connectivity index (χ2n) is 9.38. The van der Waals surface area contributed by atoms with E-state index < -0.39 is 74.5 Å². The minimum atomic E-state index is -1.65. The van der Waals surface area contributed by atoms with E-state index in [9.17, 15) is 40.9 Å². The van der Waals surface area contributed by atoms with E-state index >= 15 is 0 Å². The molecule has 0 aromatic heterocycles. The van der Waals surface area contributed by atoms with Crippen molar-refractivity contribution in [1.82, 2.24) is 15.5 Å². The summed E-state index contributed by atoms with van der Waals surface area (Å²) in [5, 5.41) is 87.8. The van der Waals surface area contributed by atoms with Crippen LogP contribution in [0.4, 0.5) is 0 Å². The molecule has 0 saturated carbocycles. The second kappa shape index (κ2) is 16.4. The molecule has 0 aromatic rings. The summed E-state index contributed by atoms with van der Waals surface area (Å²) in [5.74, 6) is 0.